The molecule has 0 bridgehead atoms. The van der Waals surface area contributed by atoms with Gasteiger partial charge >= 0.3 is 0 Å². The van der Waals surface area contributed by atoms with E-state index in [-0.39, 0.29) is 4.90 Å². The van der Waals surface area contributed by atoms with Gasteiger partial charge in [-0.2, -0.15) is 0 Å². The lowest BCUT2D eigenvalue weighted by atomic mass is 10.2. The minimum Gasteiger partial charge on any atom is -0.256 e. The van der Waals surface area contributed by atoms with Gasteiger partial charge < -0.3 is 0 Å². The third kappa shape index (κ3) is 2.13. The van der Waals surface area contributed by atoms with Crippen LogP contribution < -0.4 is 0 Å². The van der Waals surface area contributed by atoms with E-state index < -0.39 is 10.0 Å². The van der Waals surface area contributed by atoms with Crippen LogP contribution in [0.1, 0.15) is 0 Å². The topological polar surface area (TPSA) is 50.3 Å². The van der Waals surface area contributed by atoms with Crippen molar-refractivity contribution in [2.24, 2.45) is 0 Å². The number of aromatic nitrogens is 1. The molecule has 90 valence electrons. The summed E-state index contributed by atoms with van der Waals surface area (Å²) in [7, 11) is -0.457. The van der Waals surface area contributed by atoms with E-state index in [0.29, 0.717) is 15.9 Å². The number of hydrogen-bond donors (Lipinski definition) is 0. The summed E-state index contributed by atoms with van der Waals surface area (Å²) in [6.45, 7) is 0. The highest BCUT2D eigenvalue weighted by Gasteiger charge is 2.17. The lowest BCUT2D eigenvalue weighted by Gasteiger charge is -2.11. The van der Waals surface area contributed by atoms with Crippen LogP contribution in [0, 0.1) is 0 Å². The standard InChI is InChI=1S/C11H11ClN2O2S/c1-14(2)17(15,16)8-3-4-11-9(7-8)10(12)5-6-13-11/h3-7H,1-2H3. The number of rotatable bonds is 2. The molecule has 0 aliphatic rings. The lowest BCUT2D eigenvalue weighted by Crippen LogP contribution is -2.22. The van der Waals surface area contributed by atoms with Crippen LogP contribution in [-0.2, 0) is 10.0 Å². The predicted octanol–water partition coefficient (Wildman–Crippen LogP) is 2.14. The predicted molar refractivity (Wildman–Crippen MR) is 67.6 cm³/mol. The number of benzene rings is 1. The number of nitrogens with zero attached hydrogens (tertiary/aromatic N) is 2. The summed E-state index contributed by atoms with van der Waals surface area (Å²) in [6.07, 6.45) is 1.59. The number of hydrogen-bond acceptors (Lipinski definition) is 3. The number of sulfonamides is 1. The number of fused-ring (bicyclic) bond motifs is 1. The van der Waals surface area contributed by atoms with Crippen molar-refractivity contribution in [3.63, 3.8) is 0 Å². The average Bonchev–Trinajstić information content (AvgIpc) is 2.29. The van der Waals surface area contributed by atoms with E-state index in [0.717, 1.165) is 0 Å². The molecule has 0 aliphatic carbocycles. The first kappa shape index (κ1) is 12.3. The number of halogens is 1. The van der Waals surface area contributed by atoms with Crippen LogP contribution in [0.4, 0.5) is 0 Å². The van der Waals surface area contributed by atoms with Crippen LogP contribution in [0.2, 0.25) is 5.02 Å². The van der Waals surface area contributed by atoms with Crippen LogP contribution in [0.5, 0.6) is 0 Å². The Hall–Kier alpha value is -1.17. The molecule has 0 N–H and O–H groups in total. The van der Waals surface area contributed by atoms with Gasteiger partial charge in [-0.1, -0.05) is 11.6 Å². The molecular weight excluding hydrogens is 260 g/mol. The molecule has 1 heterocycles. The Kier molecular flexibility index (Phi) is 3.07. The van der Waals surface area contributed by atoms with Crippen molar-refractivity contribution in [3.8, 4) is 0 Å². The molecule has 0 spiro atoms. The first-order valence-electron chi connectivity index (χ1n) is 4.90. The van der Waals surface area contributed by atoms with Gasteiger partial charge in [-0.3, -0.25) is 4.98 Å². The SMILES string of the molecule is CN(C)S(=O)(=O)c1ccc2nccc(Cl)c2c1. The maximum atomic E-state index is 11.9. The molecular formula is C11H11ClN2O2S. The van der Waals surface area contributed by atoms with E-state index >= 15 is 0 Å². The van der Waals surface area contributed by atoms with Gasteiger partial charge in [0.25, 0.3) is 0 Å². The van der Waals surface area contributed by atoms with Crippen molar-refractivity contribution >= 4 is 32.5 Å². The minimum absolute atomic E-state index is 0.213. The second kappa shape index (κ2) is 4.25. The molecule has 0 atom stereocenters. The monoisotopic (exact) mass is 270 g/mol. The summed E-state index contributed by atoms with van der Waals surface area (Å²) in [5, 5.41) is 1.13. The second-order valence-electron chi connectivity index (χ2n) is 3.76. The molecule has 0 saturated heterocycles. The van der Waals surface area contributed by atoms with Gasteiger partial charge in [-0.15, -0.1) is 0 Å². The van der Waals surface area contributed by atoms with Gasteiger partial charge in [0.1, 0.15) is 0 Å². The molecule has 4 nitrogen and oxygen atoms in total. The Morgan fingerprint density at radius 1 is 1.24 bits per heavy atom. The van der Waals surface area contributed by atoms with Crippen LogP contribution in [0.25, 0.3) is 10.9 Å². The van der Waals surface area contributed by atoms with Gasteiger partial charge in [-0.05, 0) is 24.3 Å². The van der Waals surface area contributed by atoms with E-state index in [2.05, 4.69) is 4.98 Å². The zero-order valence-electron chi connectivity index (χ0n) is 9.38. The summed E-state index contributed by atoms with van der Waals surface area (Å²) in [4.78, 5) is 4.33. The Labute approximate surface area is 105 Å². The minimum atomic E-state index is -3.44. The zero-order chi connectivity index (χ0) is 12.6. The second-order valence-corrected chi connectivity index (χ2v) is 6.32. The van der Waals surface area contributed by atoms with Gasteiger partial charge in [-0.25, -0.2) is 12.7 Å². The Morgan fingerprint density at radius 3 is 2.59 bits per heavy atom. The molecule has 17 heavy (non-hydrogen) atoms. The highest BCUT2D eigenvalue weighted by atomic mass is 35.5. The van der Waals surface area contributed by atoms with Gasteiger partial charge in [0.05, 0.1) is 15.4 Å². The van der Waals surface area contributed by atoms with E-state index in [1.54, 1.807) is 24.4 Å². The fourth-order valence-corrected chi connectivity index (χ4v) is 2.60. The highest BCUT2D eigenvalue weighted by molar-refractivity contribution is 7.89. The van der Waals surface area contributed by atoms with E-state index in [1.807, 2.05) is 0 Å². The molecule has 0 saturated carbocycles. The number of pyridine rings is 1. The molecule has 1 aromatic heterocycles. The van der Waals surface area contributed by atoms with E-state index in [4.69, 9.17) is 11.6 Å². The van der Waals surface area contributed by atoms with Crippen molar-refractivity contribution in [2.45, 2.75) is 4.90 Å². The first-order chi connectivity index (χ1) is 7.93. The summed E-state index contributed by atoms with van der Waals surface area (Å²) in [5.41, 5.74) is 0.676. The van der Waals surface area contributed by atoms with E-state index in [9.17, 15) is 8.42 Å². The summed E-state index contributed by atoms with van der Waals surface area (Å²) >= 11 is 6.01. The Bertz CT molecular complexity index is 668. The van der Waals surface area contributed by atoms with Crippen LogP contribution in [0.3, 0.4) is 0 Å². The third-order valence-electron chi connectivity index (χ3n) is 2.44. The summed E-state index contributed by atoms with van der Waals surface area (Å²) in [6, 6.07) is 6.36. The molecule has 0 aliphatic heterocycles. The summed E-state index contributed by atoms with van der Waals surface area (Å²) in [5.74, 6) is 0. The molecule has 6 heteroatoms. The van der Waals surface area contributed by atoms with Crippen LogP contribution in [0.15, 0.2) is 35.4 Å². The fraction of sp³-hybridized carbons (Fsp3) is 0.182. The molecule has 0 radical (unpaired) electrons. The largest absolute Gasteiger partial charge is 0.256 e. The molecule has 0 fully saturated rings. The van der Waals surface area contributed by atoms with Crippen LogP contribution >= 0.6 is 11.6 Å². The third-order valence-corrected chi connectivity index (χ3v) is 4.58. The van der Waals surface area contributed by atoms with Crippen molar-refractivity contribution in [2.75, 3.05) is 14.1 Å². The first-order valence-corrected chi connectivity index (χ1v) is 6.71. The van der Waals surface area contributed by atoms with Crippen LogP contribution in [-0.4, -0.2) is 31.8 Å². The van der Waals surface area contributed by atoms with E-state index in [1.165, 1.54) is 24.5 Å². The average molecular weight is 271 g/mol. The Balaban J connectivity index is 2.71. The fourth-order valence-electron chi connectivity index (χ4n) is 1.46. The Morgan fingerprint density at radius 2 is 1.94 bits per heavy atom. The highest BCUT2D eigenvalue weighted by Crippen LogP contribution is 2.25. The summed E-state index contributed by atoms with van der Waals surface area (Å²) < 4.78 is 25.1. The normalized spacial score (nSPS) is 12.2. The lowest BCUT2D eigenvalue weighted by molar-refractivity contribution is 0.521. The quantitative estimate of drug-likeness (QED) is 0.840. The van der Waals surface area contributed by atoms with Gasteiger partial charge in [0.2, 0.25) is 10.0 Å². The molecule has 2 rings (SSSR count). The molecule has 0 amide bonds. The molecule has 2 aromatic rings. The van der Waals surface area contributed by atoms with Gasteiger partial charge in [0.15, 0.2) is 0 Å². The van der Waals surface area contributed by atoms with Gasteiger partial charge in [0, 0.05) is 25.7 Å². The van der Waals surface area contributed by atoms with Crippen molar-refractivity contribution in [3.05, 3.63) is 35.5 Å². The maximum absolute atomic E-state index is 11.9. The van der Waals surface area contributed by atoms with Crippen molar-refractivity contribution in [1.29, 1.82) is 0 Å². The molecule has 1 aromatic carbocycles. The van der Waals surface area contributed by atoms with Crippen molar-refractivity contribution in [1.82, 2.24) is 9.29 Å². The molecule has 0 unspecified atom stereocenters. The maximum Gasteiger partial charge on any atom is 0.242 e. The van der Waals surface area contributed by atoms with Crippen molar-refractivity contribution < 1.29 is 8.42 Å². The smallest absolute Gasteiger partial charge is 0.242 e. The zero-order valence-corrected chi connectivity index (χ0v) is 11.0.